The minimum Gasteiger partial charge on any atom is -0.396 e. The van der Waals surface area contributed by atoms with Gasteiger partial charge in [0, 0.05) is 18.8 Å². The Morgan fingerprint density at radius 1 is 1.17 bits per heavy atom. The van der Waals surface area contributed by atoms with E-state index in [0.717, 1.165) is 42.7 Å². The van der Waals surface area contributed by atoms with Crippen LogP contribution in [0, 0.1) is 20.8 Å². The molecule has 0 radical (unpaired) electrons. The van der Waals surface area contributed by atoms with E-state index in [-0.39, 0.29) is 18.6 Å². The molecule has 1 rings (SSSR count). The van der Waals surface area contributed by atoms with Crippen LogP contribution in [0.3, 0.4) is 0 Å². The van der Waals surface area contributed by atoms with Crippen molar-refractivity contribution in [1.82, 2.24) is 4.90 Å². The maximum Gasteiger partial charge on any atom is 0.241 e. The number of nitrogens with zero attached hydrogens (tertiary/aromatic N) is 1. The first-order valence-electron chi connectivity index (χ1n) is 8.64. The minimum absolute atomic E-state index is 0.0223. The van der Waals surface area contributed by atoms with Crippen LogP contribution in [-0.2, 0) is 4.79 Å². The maximum atomic E-state index is 12.7. The second kappa shape index (κ2) is 9.68. The molecule has 0 saturated carbocycles. The zero-order valence-corrected chi connectivity index (χ0v) is 15.3. The van der Waals surface area contributed by atoms with Gasteiger partial charge in [-0.25, -0.2) is 0 Å². The van der Waals surface area contributed by atoms with Crippen LogP contribution in [0.2, 0.25) is 0 Å². The molecular formula is C19H32N2O2. The van der Waals surface area contributed by atoms with Gasteiger partial charge in [-0.1, -0.05) is 31.0 Å². The van der Waals surface area contributed by atoms with E-state index >= 15 is 0 Å². The van der Waals surface area contributed by atoms with Gasteiger partial charge in [-0.2, -0.15) is 0 Å². The van der Waals surface area contributed by atoms with Crippen LogP contribution in [-0.4, -0.2) is 41.7 Å². The number of aliphatic hydroxyl groups is 1. The van der Waals surface area contributed by atoms with E-state index in [0.29, 0.717) is 6.42 Å². The van der Waals surface area contributed by atoms with Crippen LogP contribution in [0.1, 0.15) is 49.8 Å². The van der Waals surface area contributed by atoms with Gasteiger partial charge >= 0.3 is 0 Å². The van der Waals surface area contributed by atoms with Crippen molar-refractivity contribution in [3.8, 4) is 0 Å². The molecule has 0 fully saturated rings. The first kappa shape index (κ1) is 19.7. The Hall–Kier alpha value is -1.39. The van der Waals surface area contributed by atoms with Gasteiger partial charge in [-0.05, 0) is 58.2 Å². The summed E-state index contributed by atoms with van der Waals surface area (Å²) in [5, 5.41) is 12.2. The number of anilines is 1. The third kappa shape index (κ3) is 5.96. The van der Waals surface area contributed by atoms with E-state index in [1.165, 1.54) is 5.56 Å². The number of amides is 1. The summed E-state index contributed by atoms with van der Waals surface area (Å²) in [5.41, 5.74) is 4.32. The topological polar surface area (TPSA) is 52.6 Å². The van der Waals surface area contributed by atoms with Gasteiger partial charge in [0.05, 0.1) is 6.04 Å². The molecular weight excluding hydrogens is 288 g/mol. The SMILES string of the molecule is CCCCN(CCCO)C(C)C(=O)Nc1c(C)cc(C)cc1C. The number of carbonyl (C=O) groups is 1. The normalized spacial score (nSPS) is 12.5. The molecule has 0 bridgehead atoms. The highest BCUT2D eigenvalue weighted by Crippen LogP contribution is 2.22. The van der Waals surface area contributed by atoms with Crippen LogP contribution in [0.15, 0.2) is 12.1 Å². The molecule has 0 aromatic heterocycles. The molecule has 1 aromatic carbocycles. The Morgan fingerprint density at radius 3 is 2.26 bits per heavy atom. The summed E-state index contributed by atoms with van der Waals surface area (Å²) in [4.78, 5) is 14.8. The Morgan fingerprint density at radius 2 is 1.74 bits per heavy atom. The number of benzene rings is 1. The van der Waals surface area contributed by atoms with Crippen LogP contribution >= 0.6 is 0 Å². The van der Waals surface area contributed by atoms with E-state index in [1.54, 1.807) is 0 Å². The van der Waals surface area contributed by atoms with Crippen molar-refractivity contribution in [3.05, 3.63) is 28.8 Å². The van der Waals surface area contributed by atoms with Crippen LogP contribution in [0.25, 0.3) is 0 Å². The number of aryl methyl sites for hydroxylation is 3. The maximum absolute atomic E-state index is 12.7. The summed E-state index contributed by atoms with van der Waals surface area (Å²) in [6.45, 7) is 12.0. The number of unbranched alkanes of at least 4 members (excludes halogenated alkanes) is 1. The van der Waals surface area contributed by atoms with Crippen molar-refractivity contribution in [2.45, 2.75) is 59.9 Å². The average Bonchev–Trinajstić information content (AvgIpc) is 2.50. The molecule has 2 N–H and O–H groups in total. The average molecular weight is 320 g/mol. The first-order valence-corrected chi connectivity index (χ1v) is 8.64. The van der Waals surface area contributed by atoms with Gasteiger partial charge in [-0.3, -0.25) is 9.69 Å². The van der Waals surface area contributed by atoms with Gasteiger partial charge < -0.3 is 10.4 Å². The molecule has 1 atom stereocenters. The van der Waals surface area contributed by atoms with Crippen LogP contribution < -0.4 is 5.32 Å². The zero-order valence-electron chi connectivity index (χ0n) is 15.3. The van der Waals surface area contributed by atoms with Crippen molar-refractivity contribution in [1.29, 1.82) is 0 Å². The van der Waals surface area contributed by atoms with E-state index in [1.807, 2.05) is 20.8 Å². The Bertz CT molecular complexity index is 483. The van der Waals surface area contributed by atoms with Gasteiger partial charge in [0.25, 0.3) is 0 Å². The highest BCUT2D eigenvalue weighted by molar-refractivity contribution is 5.96. The monoisotopic (exact) mass is 320 g/mol. The number of hydrogen-bond acceptors (Lipinski definition) is 3. The predicted molar refractivity (Wildman–Crippen MR) is 96.9 cm³/mol. The fourth-order valence-corrected chi connectivity index (χ4v) is 2.90. The molecule has 1 unspecified atom stereocenters. The van der Waals surface area contributed by atoms with Gasteiger partial charge in [0.1, 0.15) is 0 Å². The zero-order chi connectivity index (χ0) is 17.4. The predicted octanol–water partition coefficient (Wildman–Crippen LogP) is 3.42. The lowest BCUT2D eigenvalue weighted by Gasteiger charge is -2.28. The summed E-state index contributed by atoms with van der Waals surface area (Å²) in [5.74, 6) is 0.0223. The Labute approximate surface area is 140 Å². The third-order valence-electron chi connectivity index (χ3n) is 4.25. The molecule has 4 heteroatoms. The molecule has 23 heavy (non-hydrogen) atoms. The number of aliphatic hydroxyl groups excluding tert-OH is 1. The van der Waals surface area contributed by atoms with E-state index in [2.05, 4.69) is 36.2 Å². The Kier molecular flexibility index (Phi) is 8.28. The lowest BCUT2D eigenvalue weighted by Crippen LogP contribution is -2.43. The number of rotatable bonds is 9. The molecule has 1 amide bonds. The van der Waals surface area contributed by atoms with Crippen molar-refractivity contribution >= 4 is 11.6 Å². The molecule has 0 aliphatic rings. The molecule has 0 aliphatic heterocycles. The van der Waals surface area contributed by atoms with Crippen molar-refractivity contribution in [2.24, 2.45) is 0 Å². The summed E-state index contributed by atoms with van der Waals surface area (Å²) >= 11 is 0. The van der Waals surface area contributed by atoms with Gasteiger partial charge in [0.2, 0.25) is 5.91 Å². The lowest BCUT2D eigenvalue weighted by molar-refractivity contribution is -0.120. The van der Waals surface area contributed by atoms with Crippen molar-refractivity contribution < 1.29 is 9.90 Å². The quantitative estimate of drug-likeness (QED) is 0.733. The highest BCUT2D eigenvalue weighted by atomic mass is 16.3. The van der Waals surface area contributed by atoms with E-state index in [9.17, 15) is 4.79 Å². The molecule has 0 aliphatic carbocycles. The standard InChI is InChI=1S/C19H32N2O2/c1-6-7-9-21(10-8-11-22)17(5)19(23)20-18-15(3)12-14(2)13-16(18)4/h12-13,17,22H,6-11H2,1-5H3,(H,20,23). The second-order valence-electron chi connectivity index (χ2n) is 6.41. The third-order valence-corrected chi connectivity index (χ3v) is 4.25. The fourth-order valence-electron chi connectivity index (χ4n) is 2.90. The van der Waals surface area contributed by atoms with Crippen LogP contribution in [0.5, 0.6) is 0 Å². The molecule has 130 valence electrons. The molecule has 0 heterocycles. The summed E-state index contributed by atoms with van der Waals surface area (Å²) < 4.78 is 0. The highest BCUT2D eigenvalue weighted by Gasteiger charge is 2.21. The molecule has 4 nitrogen and oxygen atoms in total. The summed E-state index contributed by atoms with van der Waals surface area (Å²) in [6.07, 6.45) is 2.86. The lowest BCUT2D eigenvalue weighted by atomic mass is 10.0. The largest absolute Gasteiger partial charge is 0.396 e. The van der Waals surface area contributed by atoms with Gasteiger partial charge in [-0.15, -0.1) is 0 Å². The number of nitrogens with one attached hydrogen (secondary N) is 1. The number of carbonyl (C=O) groups excluding carboxylic acids is 1. The van der Waals surface area contributed by atoms with Gasteiger partial charge in [0.15, 0.2) is 0 Å². The van der Waals surface area contributed by atoms with Crippen molar-refractivity contribution in [3.63, 3.8) is 0 Å². The Balaban J connectivity index is 2.81. The van der Waals surface area contributed by atoms with Crippen LogP contribution in [0.4, 0.5) is 5.69 Å². The van der Waals surface area contributed by atoms with E-state index in [4.69, 9.17) is 5.11 Å². The number of hydrogen-bond donors (Lipinski definition) is 2. The molecule has 1 aromatic rings. The van der Waals surface area contributed by atoms with Crippen molar-refractivity contribution in [2.75, 3.05) is 25.0 Å². The molecule has 0 saturated heterocycles. The first-order chi connectivity index (χ1) is 10.9. The van der Waals surface area contributed by atoms with E-state index < -0.39 is 0 Å². The minimum atomic E-state index is -0.201. The molecule has 0 spiro atoms. The summed E-state index contributed by atoms with van der Waals surface area (Å²) in [6, 6.07) is 3.98. The summed E-state index contributed by atoms with van der Waals surface area (Å²) in [7, 11) is 0. The fraction of sp³-hybridized carbons (Fsp3) is 0.632. The smallest absolute Gasteiger partial charge is 0.241 e. The second-order valence-corrected chi connectivity index (χ2v) is 6.41.